The van der Waals surface area contributed by atoms with E-state index in [4.69, 9.17) is 13.9 Å². The van der Waals surface area contributed by atoms with E-state index in [0.29, 0.717) is 18.7 Å². The van der Waals surface area contributed by atoms with Gasteiger partial charge in [-0.1, -0.05) is 24.3 Å². The molecule has 148 valence electrons. The number of carbonyl (C=O) groups is 1. The quantitative estimate of drug-likeness (QED) is 0.599. The molecule has 1 saturated heterocycles. The maximum atomic E-state index is 13.0. The Balaban J connectivity index is 1.35. The van der Waals surface area contributed by atoms with Crippen LogP contribution in [-0.4, -0.2) is 36.4 Å². The number of fused-ring (bicyclic) bond motifs is 2. The highest BCUT2D eigenvalue weighted by molar-refractivity contribution is 7.99. The number of hydrogen-bond acceptors (Lipinski definition) is 6. The van der Waals surface area contributed by atoms with Crippen molar-refractivity contribution in [2.75, 3.05) is 25.6 Å². The van der Waals surface area contributed by atoms with Crippen LogP contribution in [0.3, 0.4) is 0 Å². The minimum atomic E-state index is -0.585. The number of rotatable bonds is 2. The van der Waals surface area contributed by atoms with Gasteiger partial charge in [0.05, 0.1) is 0 Å². The van der Waals surface area contributed by atoms with Gasteiger partial charge in [0, 0.05) is 29.5 Å². The van der Waals surface area contributed by atoms with Crippen molar-refractivity contribution in [2.24, 2.45) is 0 Å². The summed E-state index contributed by atoms with van der Waals surface area (Å²) in [5.74, 6) is 2.07. The molecule has 0 bridgehead atoms. The summed E-state index contributed by atoms with van der Waals surface area (Å²) in [4.78, 5) is 27.1. The third-order valence-corrected chi connectivity index (χ3v) is 6.60. The van der Waals surface area contributed by atoms with E-state index >= 15 is 0 Å². The summed E-state index contributed by atoms with van der Waals surface area (Å²) in [6, 6.07) is 14.9. The Morgan fingerprint density at radius 2 is 1.90 bits per heavy atom. The van der Waals surface area contributed by atoms with Crippen molar-refractivity contribution < 1.29 is 18.7 Å². The van der Waals surface area contributed by atoms with Crippen LogP contribution in [0.25, 0.3) is 11.0 Å². The fraction of sp³-hybridized carbons (Fsp3) is 0.273. The van der Waals surface area contributed by atoms with Gasteiger partial charge in [-0.25, -0.2) is 4.79 Å². The Bertz CT molecular complexity index is 1140. The van der Waals surface area contributed by atoms with Crippen LogP contribution in [0.4, 0.5) is 0 Å². The van der Waals surface area contributed by atoms with Crippen LogP contribution in [0.15, 0.2) is 57.7 Å². The molecule has 2 aromatic carbocycles. The lowest BCUT2D eigenvalue weighted by atomic mass is 10.1. The Labute approximate surface area is 171 Å². The summed E-state index contributed by atoms with van der Waals surface area (Å²) in [5.41, 5.74) is 1.16. The van der Waals surface area contributed by atoms with Gasteiger partial charge >= 0.3 is 5.63 Å². The minimum absolute atomic E-state index is 0.0928. The second kappa shape index (κ2) is 7.48. The molecule has 0 N–H and O–H groups in total. The lowest BCUT2D eigenvalue weighted by molar-refractivity contribution is 0.0762. The van der Waals surface area contributed by atoms with Gasteiger partial charge in [-0.05, 0) is 36.2 Å². The highest BCUT2D eigenvalue weighted by Gasteiger charge is 2.26. The average molecular weight is 409 g/mol. The van der Waals surface area contributed by atoms with Crippen LogP contribution < -0.4 is 15.1 Å². The number of ether oxygens (including phenoxy) is 2. The monoisotopic (exact) mass is 409 g/mol. The van der Waals surface area contributed by atoms with Gasteiger partial charge < -0.3 is 18.8 Å². The molecule has 1 atom stereocenters. The van der Waals surface area contributed by atoms with E-state index in [9.17, 15) is 9.59 Å². The van der Waals surface area contributed by atoms with Gasteiger partial charge in [0.15, 0.2) is 11.5 Å². The van der Waals surface area contributed by atoms with Crippen molar-refractivity contribution in [1.29, 1.82) is 0 Å². The first-order valence-corrected chi connectivity index (χ1v) is 10.6. The zero-order valence-electron chi connectivity index (χ0n) is 15.6. The first kappa shape index (κ1) is 18.1. The Morgan fingerprint density at radius 3 is 2.83 bits per heavy atom. The van der Waals surface area contributed by atoms with Crippen LogP contribution in [0.2, 0.25) is 0 Å². The molecule has 7 heteroatoms. The molecule has 5 rings (SSSR count). The number of carbonyl (C=O) groups excluding carboxylic acids is 1. The van der Waals surface area contributed by atoms with Gasteiger partial charge in [-0.2, -0.15) is 11.8 Å². The van der Waals surface area contributed by atoms with Gasteiger partial charge in [0.25, 0.3) is 5.91 Å². The molecule has 1 aromatic heterocycles. The van der Waals surface area contributed by atoms with Crippen LogP contribution >= 0.6 is 11.8 Å². The van der Waals surface area contributed by atoms with Crippen LogP contribution in [0.1, 0.15) is 27.6 Å². The summed E-state index contributed by atoms with van der Waals surface area (Å²) in [7, 11) is 0. The fourth-order valence-corrected chi connectivity index (χ4v) is 4.96. The molecule has 3 aromatic rings. The number of benzene rings is 2. The Morgan fingerprint density at radius 1 is 1.03 bits per heavy atom. The Kier molecular flexibility index (Phi) is 4.67. The van der Waals surface area contributed by atoms with Gasteiger partial charge in [0.1, 0.15) is 11.1 Å². The van der Waals surface area contributed by atoms with E-state index in [1.807, 2.05) is 36.0 Å². The fourth-order valence-electron chi connectivity index (χ4n) is 3.73. The lowest BCUT2D eigenvalue weighted by Gasteiger charge is -2.20. The van der Waals surface area contributed by atoms with Gasteiger partial charge in [0.2, 0.25) is 6.79 Å². The van der Waals surface area contributed by atoms with Crippen molar-refractivity contribution in [3.63, 3.8) is 0 Å². The van der Waals surface area contributed by atoms with Crippen molar-refractivity contribution in [3.05, 3.63) is 70.1 Å². The predicted molar refractivity (Wildman–Crippen MR) is 111 cm³/mol. The molecule has 0 spiro atoms. The molecule has 2 aliphatic heterocycles. The maximum absolute atomic E-state index is 13.0. The topological polar surface area (TPSA) is 69.0 Å². The number of amides is 1. The molecular weight excluding hydrogens is 390 g/mol. The smallest absolute Gasteiger partial charge is 0.349 e. The van der Waals surface area contributed by atoms with Gasteiger partial charge in [-0.3, -0.25) is 4.79 Å². The summed E-state index contributed by atoms with van der Waals surface area (Å²) in [6.45, 7) is 1.43. The summed E-state index contributed by atoms with van der Waals surface area (Å²) >= 11 is 1.81. The Hall–Kier alpha value is -2.93. The number of hydrogen-bond donors (Lipinski definition) is 0. The second-order valence-electron chi connectivity index (χ2n) is 7.04. The van der Waals surface area contributed by atoms with Crippen LogP contribution in [-0.2, 0) is 0 Å². The van der Waals surface area contributed by atoms with E-state index < -0.39 is 5.63 Å². The van der Waals surface area contributed by atoms with Crippen LogP contribution in [0, 0.1) is 0 Å². The van der Waals surface area contributed by atoms with E-state index in [2.05, 4.69) is 6.07 Å². The van der Waals surface area contributed by atoms with E-state index in [1.165, 1.54) is 5.56 Å². The molecule has 29 heavy (non-hydrogen) atoms. The zero-order chi connectivity index (χ0) is 19.8. The largest absolute Gasteiger partial charge is 0.454 e. The molecular formula is C22H19NO5S. The molecule has 1 unspecified atom stereocenters. The zero-order valence-corrected chi connectivity index (χ0v) is 16.4. The number of para-hydroxylation sites is 1. The minimum Gasteiger partial charge on any atom is -0.454 e. The molecule has 0 radical (unpaired) electrons. The van der Waals surface area contributed by atoms with Crippen molar-refractivity contribution in [3.8, 4) is 11.5 Å². The van der Waals surface area contributed by atoms with Crippen molar-refractivity contribution >= 4 is 28.6 Å². The molecule has 0 aliphatic carbocycles. The average Bonchev–Trinajstić information content (AvgIpc) is 3.07. The van der Waals surface area contributed by atoms with E-state index in [-0.39, 0.29) is 23.5 Å². The highest BCUT2D eigenvalue weighted by atomic mass is 32.2. The third kappa shape index (κ3) is 3.46. The first-order chi connectivity index (χ1) is 14.2. The number of nitrogens with zero attached hydrogens (tertiary/aromatic N) is 1. The second-order valence-corrected chi connectivity index (χ2v) is 8.35. The molecule has 1 fully saturated rings. The van der Waals surface area contributed by atoms with Gasteiger partial charge in [-0.15, -0.1) is 0 Å². The molecule has 6 nitrogen and oxygen atoms in total. The SMILES string of the molecule is O=C(c1cc2ccccc2oc1=O)N1CCSC(c2ccc3c(c2)OCO3)CC1. The maximum Gasteiger partial charge on any atom is 0.349 e. The van der Waals surface area contributed by atoms with Crippen molar-refractivity contribution in [2.45, 2.75) is 11.7 Å². The predicted octanol–water partition coefficient (Wildman–Crippen LogP) is 3.84. The summed E-state index contributed by atoms with van der Waals surface area (Å²) < 4.78 is 16.2. The molecule has 0 saturated carbocycles. The van der Waals surface area contributed by atoms with Crippen molar-refractivity contribution in [1.82, 2.24) is 4.90 Å². The van der Waals surface area contributed by atoms with Crippen LogP contribution in [0.5, 0.6) is 11.5 Å². The third-order valence-electron chi connectivity index (χ3n) is 5.27. The van der Waals surface area contributed by atoms with E-state index in [0.717, 1.165) is 29.1 Å². The molecule has 3 heterocycles. The lowest BCUT2D eigenvalue weighted by Crippen LogP contribution is -2.35. The summed E-state index contributed by atoms with van der Waals surface area (Å²) in [6.07, 6.45) is 0.801. The van der Waals surface area contributed by atoms with E-state index in [1.54, 1.807) is 23.1 Å². The normalized spacial score (nSPS) is 18.6. The standard InChI is InChI=1S/C22H19NO5S/c24-21(16-11-14-3-1-2-4-17(14)28-22(16)25)23-8-7-20(29-10-9-23)15-5-6-18-19(12-15)27-13-26-18/h1-6,11-12,20H,7-10,13H2. The molecule has 1 amide bonds. The first-order valence-electron chi connectivity index (χ1n) is 9.52. The molecule has 2 aliphatic rings. The summed E-state index contributed by atoms with van der Waals surface area (Å²) in [5, 5.41) is 1.01. The highest BCUT2D eigenvalue weighted by Crippen LogP contribution is 2.40. The number of thioether (sulfide) groups is 1.